The van der Waals surface area contributed by atoms with E-state index in [0.717, 1.165) is 11.3 Å². The van der Waals surface area contributed by atoms with Gasteiger partial charge in [-0.15, -0.1) is 0 Å². The molecule has 5 heteroatoms. The Labute approximate surface area is 92.6 Å². The van der Waals surface area contributed by atoms with Gasteiger partial charge in [0.15, 0.2) is 0 Å². The summed E-state index contributed by atoms with van der Waals surface area (Å²) in [6, 6.07) is 6.86. The van der Waals surface area contributed by atoms with Crippen LogP contribution in [0, 0.1) is 6.92 Å². The number of hydrogen-bond acceptors (Lipinski definition) is 4. The molecule has 2 aromatic rings. The highest BCUT2D eigenvalue weighted by Gasteiger charge is 2.00. The number of aryl methyl sites for hydroxylation is 1. The molecule has 2 rings (SSSR count). The van der Waals surface area contributed by atoms with Gasteiger partial charge in [-0.1, -0.05) is 6.07 Å². The lowest BCUT2D eigenvalue weighted by Gasteiger charge is -2.04. The van der Waals surface area contributed by atoms with Crippen LogP contribution in [0.15, 0.2) is 35.3 Å². The lowest BCUT2D eigenvalue weighted by atomic mass is 10.3. The van der Waals surface area contributed by atoms with Gasteiger partial charge in [0.25, 0.3) is 5.56 Å². The predicted molar refractivity (Wildman–Crippen MR) is 61.0 cm³/mol. The lowest BCUT2D eigenvalue weighted by Crippen LogP contribution is -2.23. The molecule has 0 atom stereocenters. The first kappa shape index (κ1) is 10.4. The summed E-state index contributed by atoms with van der Waals surface area (Å²) in [5.74, 6) is 0.442. The molecule has 82 valence electrons. The van der Waals surface area contributed by atoms with E-state index in [0.29, 0.717) is 12.4 Å². The minimum absolute atomic E-state index is 0.135. The van der Waals surface area contributed by atoms with E-state index in [1.54, 1.807) is 24.4 Å². The van der Waals surface area contributed by atoms with E-state index in [-0.39, 0.29) is 5.56 Å². The van der Waals surface area contributed by atoms with Crippen LogP contribution in [0.1, 0.15) is 11.3 Å². The summed E-state index contributed by atoms with van der Waals surface area (Å²) in [6.07, 6.45) is 1.65. The molecule has 0 fully saturated rings. The minimum Gasteiger partial charge on any atom is -0.384 e. The molecule has 0 unspecified atom stereocenters. The number of nitrogens with zero attached hydrogens (tertiary/aromatic N) is 3. The maximum atomic E-state index is 11.6. The summed E-state index contributed by atoms with van der Waals surface area (Å²) < 4.78 is 1.36. The Hall–Kier alpha value is -2.17. The molecule has 0 aliphatic heterocycles. The second kappa shape index (κ2) is 4.14. The molecular formula is C11H12N4O. The standard InChI is InChI=1S/C11H12N4O/c1-8-5-11(16)15(13-6-8)7-9-3-2-4-10(12)14-9/h2-6H,7H2,1H3,(H2,12,14). The van der Waals surface area contributed by atoms with Gasteiger partial charge in [0.05, 0.1) is 18.4 Å². The zero-order chi connectivity index (χ0) is 11.5. The highest BCUT2D eigenvalue weighted by atomic mass is 16.1. The number of hydrogen-bond donors (Lipinski definition) is 1. The summed E-state index contributed by atoms with van der Waals surface area (Å²) in [6.45, 7) is 2.17. The number of nitrogens with two attached hydrogens (primary N) is 1. The Balaban J connectivity index is 2.31. The van der Waals surface area contributed by atoms with E-state index < -0.39 is 0 Å². The monoisotopic (exact) mass is 216 g/mol. The molecule has 0 spiro atoms. The van der Waals surface area contributed by atoms with Crippen LogP contribution in [0.4, 0.5) is 5.82 Å². The van der Waals surface area contributed by atoms with Crippen LogP contribution in [0.2, 0.25) is 0 Å². The van der Waals surface area contributed by atoms with Gasteiger partial charge in [-0.2, -0.15) is 5.10 Å². The molecule has 16 heavy (non-hydrogen) atoms. The van der Waals surface area contributed by atoms with Crippen LogP contribution in [-0.4, -0.2) is 14.8 Å². The molecule has 0 amide bonds. The van der Waals surface area contributed by atoms with Crippen molar-refractivity contribution in [2.75, 3.05) is 5.73 Å². The third-order valence-electron chi connectivity index (χ3n) is 2.15. The van der Waals surface area contributed by atoms with Crippen molar-refractivity contribution in [1.82, 2.24) is 14.8 Å². The maximum Gasteiger partial charge on any atom is 0.267 e. The summed E-state index contributed by atoms with van der Waals surface area (Å²) in [4.78, 5) is 15.7. The Morgan fingerprint density at radius 2 is 2.25 bits per heavy atom. The zero-order valence-corrected chi connectivity index (χ0v) is 8.92. The van der Waals surface area contributed by atoms with Crippen molar-refractivity contribution < 1.29 is 0 Å². The largest absolute Gasteiger partial charge is 0.384 e. The highest BCUT2D eigenvalue weighted by Crippen LogP contribution is 2.01. The summed E-state index contributed by atoms with van der Waals surface area (Å²) in [7, 11) is 0. The van der Waals surface area contributed by atoms with Crippen LogP contribution >= 0.6 is 0 Å². The second-order valence-electron chi connectivity index (χ2n) is 3.58. The topological polar surface area (TPSA) is 73.8 Å². The van der Waals surface area contributed by atoms with Gasteiger partial charge >= 0.3 is 0 Å². The Kier molecular flexibility index (Phi) is 2.68. The SMILES string of the molecule is Cc1cnn(Cc2cccc(N)n2)c(=O)c1. The summed E-state index contributed by atoms with van der Waals surface area (Å²) >= 11 is 0. The predicted octanol–water partition coefficient (Wildman–Crippen LogP) is 0.577. The molecule has 0 aromatic carbocycles. The van der Waals surface area contributed by atoms with Crippen LogP contribution in [-0.2, 0) is 6.54 Å². The maximum absolute atomic E-state index is 11.6. The summed E-state index contributed by atoms with van der Waals surface area (Å²) in [5, 5.41) is 4.03. The van der Waals surface area contributed by atoms with Crippen molar-refractivity contribution in [2.45, 2.75) is 13.5 Å². The van der Waals surface area contributed by atoms with Gasteiger partial charge in [-0.25, -0.2) is 9.67 Å². The van der Waals surface area contributed by atoms with Crippen LogP contribution in [0.3, 0.4) is 0 Å². The van der Waals surface area contributed by atoms with E-state index in [1.165, 1.54) is 4.68 Å². The third kappa shape index (κ3) is 2.25. The molecule has 0 aliphatic carbocycles. The molecule has 0 radical (unpaired) electrons. The molecule has 0 saturated heterocycles. The van der Waals surface area contributed by atoms with Gasteiger partial charge in [-0.3, -0.25) is 4.79 Å². The Bertz CT molecular complexity index is 562. The highest BCUT2D eigenvalue weighted by molar-refractivity contribution is 5.28. The molecule has 0 bridgehead atoms. The van der Waals surface area contributed by atoms with E-state index >= 15 is 0 Å². The van der Waals surface area contributed by atoms with E-state index in [2.05, 4.69) is 10.1 Å². The van der Waals surface area contributed by atoms with Gasteiger partial charge < -0.3 is 5.73 Å². The number of aromatic nitrogens is 3. The van der Waals surface area contributed by atoms with Crippen molar-refractivity contribution in [3.63, 3.8) is 0 Å². The average molecular weight is 216 g/mol. The second-order valence-corrected chi connectivity index (χ2v) is 3.58. The van der Waals surface area contributed by atoms with Crippen molar-refractivity contribution in [2.24, 2.45) is 0 Å². The Morgan fingerprint density at radius 1 is 1.44 bits per heavy atom. The minimum atomic E-state index is -0.135. The van der Waals surface area contributed by atoms with Crippen molar-refractivity contribution in [1.29, 1.82) is 0 Å². The van der Waals surface area contributed by atoms with Gasteiger partial charge in [0.2, 0.25) is 0 Å². The fourth-order valence-corrected chi connectivity index (χ4v) is 1.38. The average Bonchev–Trinajstić information content (AvgIpc) is 2.22. The first-order chi connectivity index (χ1) is 7.65. The number of anilines is 1. The van der Waals surface area contributed by atoms with Gasteiger partial charge in [0, 0.05) is 6.07 Å². The van der Waals surface area contributed by atoms with Crippen LogP contribution in [0.25, 0.3) is 0 Å². The number of nitrogen functional groups attached to an aromatic ring is 1. The molecule has 2 heterocycles. The first-order valence-corrected chi connectivity index (χ1v) is 4.90. The first-order valence-electron chi connectivity index (χ1n) is 4.90. The quantitative estimate of drug-likeness (QED) is 0.796. The van der Waals surface area contributed by atoms with Crippen molar-refractivity contribution >= 4 is 5.82 Å². The van der Waals surface area contributed by atoms with E-state index in [9.17, 15) is 4.79 Å². The number of pyridine rings is 1. The van der Waals surface area contributed by atoms with Gasteiger partial charge in [0.1, 0.15) is 5.82 Å². The van der Waals surface area contributed by atoms with Crippen molar-refractivity contribution in [3.05, 3.63) is 52.1 Å². The van der Waals surface area contributed by atoms with Crippen molar-refractivity contribution in [3.8, 4) is 0 Å². The zero-order valence-electron chi connectivity index (χ0n) is 8.92. The lowest BCUT2D eigenvalue weighted by molar-refractivity contribution is 0.626. The molecule has 5 nitrogen and oxygen atoms in total. The van der Waals surface area contributed by atoms with E-state index in [4.69, 9.17) is 5.73 Å². The molecule has 2 aromatic heterocycles. The third-order valence-corrected chi connectivity index (χ3v) is 2.15. The normalized spacial score (nSPS) is 10.3. The van der Waals surface area contributed by atoms with Gasteiger partial charge in [-0.05, 0) is 24.6 Å². The van der Waals surface area contributed by atoms with Crippen LogP contribution < -0.4 is 11.3 Å². The fraction of sp³-hybridized carbons (Fsp3) is 0.182. The fourth-order valence-electron chi connectivity index (χ4n) is 1.38. The van der Waals surface area contributed by atoms with Crippen LogP contribution in [0.5, 0.6) is 0 Å². The Morgan fingerprint density at radius 3 is 2.94 bits per heavy atom. The molecule has 2 N–H and O–H groups in total. The van der Waals surface area contributed by atoms with E-state index in [1.807, 2.05) is 13.0 Å². The number of rotatable bonds is 2. The summed E-state index contributed by atoms with van der Waals surface area (Å²) in [5.41, 5.74) is 6.99. The molecule has 0 saturated carbocycles. The smallest absolute Gasteiger partial charge is 0.267 e. The molecule has 0 aliphatic rings. The molecular weight excluding hydrogens is 204 g/mol.